The van der Waals surface area contributed by atoms with E-state index in [2.05, 4.69) is 17.0 Å². The van der Waals surface area contributed by atoms with E-state index in [0.29, 0.717) is 0 Å². The van der Waals surface area contributed by atoms with E-state index in [1.807, 2.05) is 49.5 Å². The monoisotopic (exact) mass is 291 g/mol. The van der Waals surface area contributed by atoms with Gasteiger partial charge in [-0.05, 0) is 23.3 Å². The molecule has 106 valence electrons. The Balaban J connectivity index is 0.00000200. The third-order valence-electron chi connectivity index (χ3n) is 3.00. The van der Waals surface area contributed by atoms with Crippen LogP contribution < -0.4 is 4.90 Å². The van der Waals surface area contributed by atoms with Crippen molar-refractivity contribution in [2.45, 2.75) is 13.0 Å². The fourth-order valence-electron chi connectivity index (χ4n) is 1.99. The van der Waals surface area contributed by atoms with Crippen molar-refractivity contribution in [3.05, 3.63) is 65.7 Å². The van der Waals surface area contributed by atoms with Crippen LogP contribution in [0.3, 0.4) is 0 Å². The molecule has 0 aliphatic heterocycles. The first kappa shape index (κ1) is 16.1. The molecular formula is C16H18ClNO2. The minimum atomic E-state index is -0.801. The molecule has 0 atom stereocenters. The molecule has 0 aliphatic carbocycles. The predicted octanol–water partition coefficient (Wildman–Crippen LogP) is 3.37. The van der Waals surface area contributed by atoms with Crippen LogP contribution in [0.15, 0.2) is 54.6 Å². The molecule has 2 aromatic carbocycles. The van der Waals surface area contributed by atoms with Crippen molar-refractivity contribution in [2.24, 2.45) is 0 Å². The van der Waals surface area contributed by atoms with E-state index in [1.54, 1.807) is 0 Å². The van der Waals surface area contributed by atoms with E-state index in [0.717, 1.165) is 17.8 Å². The lowest BCUT2D eigenvalue weighted by Crippen LogP contribution is -2.16. The molecule has 4 heteroatoms. The summed E-state index contributed by atoms with van der Waals surface area (Å²) >= 11 is 0. The molecule has 0 saturated carbocycles. The smallest absolute Gasteiger partial charge is 0.307 e. The van der Waals surface area contributed by atoms with Crippen molar-refractivity contribution >= 4 is 24.1 Å². The zero-order valence-corrected chi connectivity index (χ0v) is 12.1. The lowest BCUT2D eigenvalue weighted by atomic mass is 10.1. The number of rotatable bonds is 5. The molecule has 2 rings (SSSR count). The third-order valence-corrected chi connectivity index (χ3v) is 3.00. The SMILES string of the molecule is CN(Cc1ccccc1)c1ccc(CC(=O)O)cc1.Cl. The fourth-order valence-corrected chi connectivity index (χ4v) is 1.99. The zero-order valence-electron chi connectivity index (χ0n) is 11.3. The normalized spacial score (nSPS) is 9.65. The van der Waals surface area contributed by atoms with Gasteiger partial charge in [0.15, 0.2) is 0 Å². The molecule has 0 saturated heterocycles. The van der Waals surface area contributed by atoms with Crippen LogP contribution in [0.2, 0.25) is 0 Å². The maximum absolute atomic E-state index is 10.6. The Morgan fingerprint density at radius 1 is 1.00 bits per heavy atom. The number of carbonyl (C=O) groups is 1. The molecular weight excluding hydrogens is 274 g/mol. The van der Waals surface area contributed by atoms with Crippen LogP contribution >= 0.6 is 12.4 Å². The van der Waals surface area contributed by atoms with Gasteiger partial charge in [-0.1, -0.05) is 42.5 Å². The first-order valence-corrected chi connectivity index (χ1v) is 6.21. The predicted molar refractivity (Wildman–Crippen MR) is 83.6 cm³/mol. The lowest BCUT2D eigenvalue weighted by Gasteiger charge is -2.19. The van der Waals surface area contributed by atoms with Gasteiger partial charge >= 0.3 is 5.97 Å². The number of carboxylic acids is 1. The average molecular weight is 292 g/mol. The quantitative estimate of drug-likeness (QED) is 0.918. The van der Waals surface area contributed by atoms with Gasteiger partial charge < -0.3 is 10.0 Å². The Morgan fingerprint density at radius 2 is 1.60 bits per heavy atom. The molecule has 1 N–H and O–H groups in total. The topological polar surface area (TPSA) is 40.5 Å². The summed E-state index contributed by atoms with van der Waals surface area (Å²) < 4.78 is 0. The van der Waals surface area contributed by atoms with Crippen molar-refractivity contribution in [3.8, 4) is 0 Å². The maximum atomic E-state index is 10.6. The summed E-state index contributed by atoms with van der Waals surface area (Å²) in [6.45, 7) is 0.832. The van der Waals surface area contributed by atoms with Crippen LogP contribution in [0.5, 0.6) is 0 Å². The second-order valence-corrected chi connectivity index (χ2v) is 4.58. The Bertz CT molecular complexity index is 540. The maximum Gasteiger partial charge on any atom is 0.307 e. The van der Waals surface area contributed by atoms with Crippen LogP contribution in [0.4, 0.5) is 5.69 Å². The summed E-state index contributed by atoms with van der Waals surface area (Å²) in [7, 11) is 2.03. The van der Waals surface area contributed by atoms with E-state index in [9.17, 15) is 4.79 Å². The lowest BCUT2D eigenvalue weighted by molar-refractivity contribution is -0.136. The number of carboxylic acid groups (broad SMARTS) is 1. The van der Waals surface area contributed by atoms with Crippen molar-refractivity contribution in [1.82, 2.24) is 0 Å². The van der Waals surface area contributed by atoms with Crippen molar-refractivity contribution in [2.75, 3.05) is 11.9 Å². The molecule has 3 nitrogen and oxygen atoms in total. The first-order valence-electron chi connectivity index (χ1n) is 6.21. The van der Waals surface area contributed by atoms with Gasteiger partial charge in [0.05, 0.1) is 6.42 Å². The number of hydrogen-bond donors (Lipinski definition) is 1. The highest BCUT2D eigenvalue weighted by molar-refractivity contribution is 5.85. The molecule has 0 radical (unpaired) electrons. The number of benzene rings is 2. The van der Waals surface area contributed by atoms with Gasteiger partial charge in [0, 0.05) is 19.3 Å². The number of halogens is 1. The molecule has 0 fully saturated rings. The highest BCUT2D eigenvalue weighted by Gasteiger charge is 2.04. The van der Waals surface area contributed by atoms with Gasteiger partial charge in [-0.15, -0.1) is 12.4 Å². The van der Waals surface area contributed by atoms with Crippen molar-refractivity contribution in [3.63, 3.8) is 0 Å². The molecule has 2 aromatic rings. The minimum absolute atomic E-state index is 0. The van der Waals surface area contributed by atoms with E-state index in [-0.39, 0.29) is 18.8 Å². The number of hydrogen-bond acceptors (Lipinski definition) is 2. The molecule has 0 amide bonds. The molecule has 0 heterocycles. The fraction of sp³-hybridized carbons (Fsp3) is 0.188. The summed E-state index contributed by atoms with van der Waals surface area (Å²) in [5.74, 6) is -0.801. The summed E-state index contributed by atoms with van der Waals surface area (Å²) in [5, 5.41) is 8.73. The highest BCUT2D eigenvalue weighted by atomic mass is 35.5. The van der Waals surface area contributed by atoms with E-state index in [4.69, 9.17) is 5.11 Å². The van der Waals surface area contributed by atoms with Gasteiger partial charge in [-0.2, -0.15) is 0 Å². The second-order valence-electron chi connectivity index (χ2n) is 4.58. The third kappa shape index (κ3) is 4.59. The van der Waals surface area contributed by atoms with Crippen LogP contribution in [-0.2, 0) is 17.8 Å². The summed E-state index contributed by atoms with van der Waals surface area (Å²) in [6.07, 6.45) is 0.0721. The Labute approximate surface area is 125 Å². The van der Waals surface area contributed by atoms with E-state index in [1.165, 1.54) is 5.56 Å². The molecule has 0 aromatic heterocycles. The van der Waals surface area contributed by atoms with E-state index < -0.39 is 5.97 Å². The Morgan fingerprint density at radius 3 is 2.15 bits per heavy atom. The summed E-state index contributed by atoms with van der Waals surface area (Å²) in [6, 6.07) is 17.9. The van der Waals surface area contributed by atoms with Crippen LogP contribution in [0.1, 0.15) is 11.1 Å². The standard InChI is InChI=1S/C16H17NO2.ClH/c1-17(12-14-5-3-2-4-6-14)15-9-7-13(8-10-15)11-16(18)19;/h2-10H,11-12H2,1H3,(H,18,19);1H. The average Bonchev–Trinajstić information content (AvgIpc) is 2.40. The highest BCUT2D eigenvalue weighted by Crippen LogP contribution is 2.16. The van der Waals surface area contributed by atoms with Crippen molar-refractivity contribution < 1.29 is 9.90 Å². The number of aliphatic carboxylic acids is 1. The van der Waals surface area contributed by atoms with Gasteiger partial charge in [-0.25, -0.2) is 0 Å². The van der Waals surface area contributed by atoms with E-state index >= 15 is 0 Å². The molecule has 0 spiro atoms. The van der Waals surface area contributed by atoms with Crippen LogP contribution in [0, 0.1) is 0 Å². The largest absolute Gasteiger partial charge is 0.481 e. The molecule has 0 unspecified atom stereocenters. The minimum Gasteiger partial charge on any atom is -0.481 e. The van der Waals surface area contributed by atoms with Gasteiger partial charge in [0.2, 0.25) is 0 Å². The molecule has 0 aliphatic rings. The summed E-state index contributed by atoms with van der Waals surface area (Å²) in [5.41, 5.74) is 3.15. The molecule has 0 bridgehead atoms. The second kappa shape index (κ2) is 7.56. The first-order chi connectivity index (χ1) is 9.15. The number of anilines is 1. The van der Waals surface area contributed by atoms with Crippen LogP contribution in [0.25, 0.3) is 0 Å². The van der Waals surface area contributed by atoms with Crippen LogP contribution in [-0.4, -0.2) is 18.1 Å². The van der Waals surface area contributed by atoms with Gasteiger partial charge in [-0.3, -0.25) is 4.79 Å². The molecule has 20 heavy (non-hydrogen) atoms. The zero-order chi connectivity index (χ0) is 13.7. The number of nitrogens with zero attached hydrogens (tertiary/aromatic N) is 1. The van der Waals surface area contributed by atoms with Crippen molar-refractivity contribution in [1.29, 1.82) is 0 Å². The van der Waals surface area contributed by atoms with Gasteiger partial charge in [0.1, 0.15) is 0 Å². The Kier molecular flexibility index (Phi) is 6.07. The Hall–Kier alpha value is -2.00. The summed E-state index contributed by atoms with van der Waals surface area (Å²) in [4.78, 5) is 12.8. The van der Waals surface area contributed by atoms with Gasteiger partial charge in [0.25, 0.3) is 0 Å².